The topological polar surface area (TPSA) is 26.3 Å². The average Bonchev–Trinajstić information content (AvgIpc) is 2.19. The lowest BCUT2D eigenvalue weighted by Gasteiger charge is -2.00. The van der Waals surface area contributed by atoms with Crippen molar-refractivity contribution in [1.29, 1.82) is 0 Å². The number of hydrogen-bond acceptors (Lipinski definition) is 2. The van der Waals surface area contributed by atoms with E-state index in [1.807, 2.05) is 18.2 Å². The standard InChI is InChI=1S/C10H13O2P/c1-12-10(11)7-8-13-9-5-3-2-4-6-9/h2-6,13H,7-8H2,1H3. The van der Waals surface area contributed by atoms with Gasteiger partial charge >= 0.3 is 5.97 Å². The zero-order valence-corrected chi connectivity index (χ0v) is 8.62. The number of ether oxygens (including phenoxy) is 1. The maximum Gasteiger partial charge on any atom is 0.305 e. The molecule has 0 aliphatic heterocycles. The van der Waals surface area contributed by atoms with E-state index in [1.165, 1.54) is 12.4 Å². The predicted octanol–water partition coefficient (Wildman–Crippen LogP) is 1.55. The number of hydrogen-bond donors (Lipinski definition) is 0. The number of esters is 1. The highest BCUT2D eigenvalue weighted by Gasteiger charge is 1.99. The molecule has 2 nitrogen and oxygen atoms in total. The van der Waals surface area contributed by atoms with E-state index in [2.05, 4.69) is 16.9 Å². The fraction of sp³-hybridized carbons (Fsp3) is 0.300. The van der Waals surface area contributed by atoms with Gasteiger partial charge in [-0.1, -0.05) is 38.9 Å². The normalized spacial score (nSPS) is 10.5. The van der Waals surface area contributed by atoms with Crippen molar-refractivity contribution >= 4 is 19.9 Å². The van der Waals surface area contributed by atoms with Gasteiger partial charge in [0.15, 0.2) is 0 Å². The van der Waals surface area contributed by atoms with Gasteiger partial charge in [-0.3, -0.25) is 4.79 Å². The first-order valence-electron chi connectivity index (χ1n) is 4.18. The lowest BCUT2D eigenvalue weighted by atomic mass is 10.4. The van der Waals surface area contributed by atoms with E-state index < -0.39 is 0 Å². The molecule has 0 aliphatic rings. The van der Waals surface area contributed by atoms with Crippen LogP contribution in [-0.4, -0.2) is 19.2 Å². The Morgan fingerprint density at radius 1 is 1.38 bits per heavy atom. The van der Waals surface area contributed by atoms with E-state index in [1.54, 1.807) is 0 Å². The highest BCUT2D eigenvalue weighted by molar-refractivity contribution is 7.47. The van der Waals surface area contributed by atoms with Gasteiger partial charge in [-0.2, -0.15) is 0 Å². The van der Waals surface area contributed by atoms with E-state index in [4.69, 9.17) is 0 Å². The van der Waals surface area contributed by atoms with E-state index in [0.717, 1.165) is 6.16 Å². The van der Waals surface area contributed by atoms with E-state index >= 15 is 0 Å². The molecule has 1 aromatic rings. The molecule has 1 unspecified atom stereocenters. The Kier molecular flexibility index (Phi) is 4.48. The van der Waals surface area contributed by atoms with Gasteiger partial charge in [0.2, 0.25) is 0 Å². The van der Waals surface area contributed by atoms with Crippen molar-refractivity contribution in [2.24, 2.45) is 0 Å². The van der Waals surface area contributed by atoms with Crippen LogP contribution in [0.15, 0.2) is 30.3 Å². The molecule has 0 aliphatic carbocycles. The summed E-state index contributed by atoms with van der Waals surface area (Å²) in [5.74, 6) is -0.122. The monoisotopic (exact) mass is 196 g/mol. The van der Waals surface area contributed by atoms with Gasteiger partial charge in [-0.25, -0.2) is 0 Å². The molecule has 0 saturated heterocycles. The van der Waals surface area contributed by atoms with Crippen LogP contribution >= 0.6 is 8.58 Å². The molecule has 0 bridgehead atoms. The van der Waals surface area contributed by atoms with Crippen LogP contribution in [0.25, 0.3) is 0 Å². The largest absolute Gasteiger partial charge is 0.469 e. The third-order valence-electron chi connectivity index (χ3n) is 1.66. The number of methoxy groups -OCH3 is 1. The number of carbonyl (C=O) groups is 1. The molecule has 1 atom stereocenters. The number of benzene rings is 1. The summed E-state index contributed by atoms with van der Waals surface area (Å²) in [6.45, 7) is 0. The first kappa shape index (κ1) is 10.2. The molecule has 1 aromatic carbocycles. The molecule has 0 spiro atoms. The molecule has 0 radical (unpaired) electrons. The van der Waals surface area contributed by atoms with Gasteiger partial charge < -0.3 is 4.74 Å². The van der Waals surface area contributed by atoms with Crippen LogP contribution < -0.4 is 5.30 Å². The predicted molar refractivity (Wildman–Crippen MR) is 55.9 cm³/mol. The third-order valence-corrected chi connectivity index (χ3v) is 2.90. The summed E-state index contributed by atoms with van der Waals surface area (Å²) in [5, 5.41) is 1.30. The summed E-state index contributed by atoms with van der Waals surface area (Å²) in [5.41, 5.74) is 0. The zero-order valence-electron chi connectivity index (χ0n) is 7.62. The summed E-state index contributed by atoms with van der Waals surface area (Å²) < 4.78 is 4.55. The Balaban J connectivity index is 2.24. The maximum absolute atomic E-state index is 10.8. The Bertz CT molecular complexity index is 259. The summed E-state index contributed by atoms with van der Waals surface area (Å²) in [4.78, 5) is 10.8. The first-order valence-corrected chi connectivity index (χ1v) is 5.39. The van der Waals surface area contributed by atoms with Crippen LogP contribution in [0.5, 0.6) is 0 Å². The van der Waals surface area contributed by atoms with Crippen LogP contribution in [0, 0.1) is 0 Å². The second kappa shape index (κ2) is 5.71. The third kappa shape index (κ3) is 4.05. The molecule has 0 aromatic heterocycles. The van der Waals surface area contributed by atoms with Crippen LogP contribution in [0.3, 0.4) is 0 Å². The van der Waals surface area contributed by atoms with Crippen LogP contribution in [0.1, 0.15) is 6.42 Å². The second-order valence-corrected chi connectivity index (χ2v) is 4.05. The van der Waals surface area contributed by atoms with Gasteiger partial charge in [-0.15, -0.1) is 0 Å². The van der Waals surface area contributed by atoms with Crippen LogP contribution in [0.2, 0.25) is 0 Å². The van der Waals surface area contributed by atoms with Crippen molar-refractivity contribution in [1.82, 2.24) is 0 Å². The van der Waals surface area contributed by atoms with Crippen molar-refractivity contribution in [2.75, 3.05) is 13.3 Å². The molecular weight excluding hydrogens is 183 g/mol. The van der Waals surface area contributed by atoms with Crippen molar-refractivity contribution in [3.05, 3.63) is 30.3 Å². The van der Waals surface area contributed by atoms with Gasteiger partial charge in [-0.05, 0) is 11.5 Å². The SMILES string of the molecule is COC(=O)CCPc1ccccc1. The first-order chi connectivity index (χ1) is 6.33. The summed E-state index contributed by atoms with van der Waals surface area (Å²) in [6, 6.07) is 10.2. The highest BCUT2D eigenvalue weighted by Crippen LogP contribution is 2.10. The van der Waals surface area contributed by atoms with Crippen molar-refractivity contribution in [3.63, 3.8) is 0 Å². The van der Waals surface area contributed by atoms with Gasteiger partial charge in [0, 0.05) is 6.42 Å². The molecule has 0 fully saturated rings. The Morgan fingerprint density at radius 3 is 2.69 bits per heavy atom. The van der Waals surface area contributed by atoms with Gasteiger partial charge in [0.1, 0.15) is 0 Å². The minimum Gasteiger partial charge on any atom is -0.469 e. The zero-order chi connectivity index (χ0) is 9.52. The highest BCUT2D eigenvalue weighted by atomic mass is 31.1. The van der Waals surface area contributed by atoms with E-state index in [-0.39, 0.29) is 5.97 Å². The molecule has 0 saturated carbocycles. The smallest absolute Gasteiger partial charge is 0.305 e. The minimum atomic E-state index is -0.122. The van der Waals surface area contributed by atoms with Crippen molar-refractivity contribution in [2.45, 2.75) is 6.42 Å². The number of carbonyl (C=O) groups excluding carboxylic acids is 1. The van der Waals surface area contributed by atoms with Crippen molar-refractivity contribution < 1.29 is 9.53 Å². The summed E-state index contributed by atoms with van der Waals surface area (Å²) in [7, 11) is 2.12. The quantitative estimate of drug-likeness (QED) is 0.539. The minimum absolute atomic E-state index is 0.122. The second-order valence-electron chi connectivity index (χ2n) is 2.62. The average molecular weight is 196 g/mol. The Labute approximate surface area is 80.1 Å². The van der Waals surface area contributed by atoms with Gasteiger partial charge in [0.25, 0.3) is 0 Å². The lowest BCUT2D eigenvalue weighted by Crippen LogP contribution is -2.02. The fourth-order valence-electron chi connectivity index (χ4n) is 0.967. The summed E-state index contributed by atoms with van der Waals surface area (Å²) in [6.07, 6.45) is 1.40. The molecule has 0 amide bonds. The molecule has 70 valence electrons. The van der Waals surface area contributed by atoms with Crippen LogP contribution in [-0.2, 0) is 9.53 Å². The van der Waals surface area contributed by atoms with Crippen LogP contribution in [0.4, 0.5) is 0 Å². The molecule has 1 rings (SSSR count). The van der Waals surface area contributed by atoms with E-state index in [0.29, 0.717) is 15.0 Å². The fourth-order valence-corrected chi connectivity index (χ4v) is 2.01. The van der Waals surface area contributed by atoms with Gasteiger partial charge in [0.05, 0.1) is 7.11 Å². The molecular formula is C10H13O2P. The lowest BCUT2D eigenvalue weighted by molar-refractivity contribution is -0.140. The summed E-state index contributed by atoms with van der Waals surface area (Å²) >= 11 is 0. The van der Waals surface area contributed by atoms with Crippen molar-refractivity contribution in [3.8, 4) is 0 Å². The number of rotatable bonds is 4. The molecule has 3 heteroatoms. The molecule has 13 heavy (non-hydrogen) atoms. The molecule has 0 N–H and O–H groups in total. The Morgan fingerprint density at radius 2 is 2.08 bits per heavy atom. The molecule has 0 heterocycles. The van der Waals surface area contributed by atoms with E-state index in [9.17, 15) is 4.79 Å². The Hall–Kier alpha value is -0.880. The maximum atomic E-state index is 10.8.